The van der Waals surface area contributed by atoms with Crippen molar-refractivity contribution in [3.8, 4) is 0 Å². The highest BCUT2D eigenvalue weighted by Crippen LogP contribution is 2.37. The molecule has 1 atom stereocenters. The van der Waals surface area contributed by atoms with Crippen LogP contribution in [0.4, 0.5) is 18.0 Å². The number of nitrogens with one attached hydrogen (secondary N) is 1. The Kier molecular flexibility index (Phi) is 3.79. The van der Waals surface area contributed by atoms with E-state index in [1.165, 1.54) is 6.08 Å². The van der Waals surface area contributed by atoms with Gasteiger partial charge in [-0.15, -0.1) is 0 Å². The van der Waals surface area contributed by atoms with Crippen molar-refractivity contribution in [3.05, 3.63) is 23.9 Å². The standard InChI is InChI=1S/C12H15F3N2O3/c13-12(14,15)9-3-1-2-8(17(9)10(18)19)11(20)4-6-16-7-5-11/h1-3,8,16,20H,4-7H2,(H,18,19). The van der Waals surface area contributed by atoms with Gasteiger partial charge < -0.3 is 15.5 Å². The SMILES string of the molecule is O=C(O)N1C(C(F)(F)F)=CC=CC1C1(O)CCNCC1. The highest BCUT2D eigenvalue weighted by molar-refractivity contribution is 5.70. The highest BCUT2D eigenvalue weighted by Gasteiger charge is 2.49. The Hall–Kier alpha value is -1.54. The van der Waals surface area contributed by atoms with E-state index in [4.69, 9.17) is 5.11 Å². The van der Waals surface area contributed by atoms with Crippen LogP contribution in [0, 0.1) is 0 Å². The largest absolute Gasteiger partial charge is 0.465 e. The molecule has 0 aromatic carbocycles. The lowest BCUT2D eigenvalue weighted by Gasteiger charge is -2.44. The van der Waals surface area contributed by atoms with Gasteiger partial charge in [0.05, 0.1) is 11.6 Å². The summed E-state index contributed by atoms with van der Waals surface area (Å²) in [4.78, 5) is 11.4. The molecule has 0 aliphatic carbocycles. The summed E-state index contributed by atoms with van der Waals surface area (Å²) < 4.78 is 38.7. The van der Waals surface area contributed by atoms with Gasteiger partial charge in [0.15, 0.2) is 0 Å². The van der Waals surface area contributed by atoms with Gasteiger partial charge in [0.2, 0.25) is 0 Å². The minimum atomic E-state index is -4.79. The molecular weight excluding hydrogens is 277 g/mol. The zero-order valence-corrected chi connectivity index (χ0v) is 10.5. The van der Waals surface area contributed by atoms with Crippen molar-refractivity contribution < 1.29 is 28.2 Å². The van der Waals surface area contributed by atoms with Crippen LogP contribution in [-0.4, -0.2) is 52.1 Å². The number of allylic oxidation sites excluding steroid dienone is 3. The summed E-state index contributed by atoms with van der Waals surface area (Å²) in [5.41, 5.74) is -2.77. The van der Waals surface area contributed by atoms with Crippen LogP contribution in [0.1, 0.15) is 12.8 Å². The first-order chi connectivity index (χ1) is 9.26. The first-order valence-corrected chi connectivity index (χ1v) is 6.17. The molecule has 2 heterocycles. The summed E-state index contributed by atoms with van der Waals surface area (Å²) in [6.45, 7) is 0.860. The molecule has 0 aromatic rings. The summed E-state index contributed by atoms with van der Waals surface area (Å²) in [6, 6.07) is -1.23. The summed E-state index contributed by atoms with van der Waals surface area (Å²) in [7, 11) is 0. The average molecular weight is 292 g/mol. The number of hydrogen-bond acceptors (Lipinski definition) is 3. The lowest BCUT2D eigenvalue weighted by molar-refractivity contribution is -0.122. The van der Waals surface area contributed by atoms with Crippen LogP contribution in [0.3, 0.4) is 0 Å². The van der Waals surface area contributed by atoms with Crippen LogP contribution < -0.4 is 5.32 Å². The molecule has 8 heteroatoms. The summed E-state index contributed by atoms with van der Waals surface area (Å²) in [5, 5.41) is 22.6. The van der Waals surface area contributed by atoms with Crippen LogP contribution in [0.2, 0.25) is 0 Å². The van der Waals surface area contributed by atoms with Crippen molar-refractivity contribution in [2.45, 2.75) is 30.7 Å². The van der Waals surface area contributed by atoms with Crippen LogP contribution in [0.5, 0.6) is 0 Å². The molecule has 0 spiro atoms. The molecular formula is C12H15F3N2O3. The predicted octanol–water partition coefficient (Wildman–Crippen LogP) is 1.47. The van der Waals surface area contributed by atoms with E-state index in [-0.39, 0.29) is 17.7 Å². The fraction of sp³-hybridized carbons (Fsp3) is 0.583. The molecule has 112 valence electrons. The highest BCUT2D eigenvalue weighted by atomic mass is 19.4. The van der Waals surface area contributed by atoms with Crippen molar-refractivity contribution >= 4 is 6.09 Å². The number of nitrogens with zero attached hydrogens (tertiary/aromatic N) is 1. The molecule has 1 amide bonds. The van der Waals surface area contributed by atoms with Gasteiger partial charge in [-0.25, -0.2) is 4.79 Å². The van der Waals surface area contributed by atoms with E-state index in [0.717, 1.165) is 6.08 Å². The number of rotatable bonds is 1. The first kappa shape index (κ1) is 14.9. The Morgan fingerprint density at radius 3 is 2.50 bits per heavy atom. The zero-order valence-electron chi connectivity index (χ0n) is 10.5. The number of amides is 1. The number of alkyl halides is 3. The molecule has 5 nitrogen and oxygen atoms in total. The van der Waals surface area contributed by atoms with Crippen LogP contribution >= 0.6 is 0 Å². The maximum Gasteiger partial charge on any atom is 0.431 e. The molecule has 0 aromatic heterocycles. The number of carboxylic acid groups (broad SMARTS) is 1. The van der Waals surface area contributed by atoms with Gasteiger partial charge in [0.1, 0.15) is 5.70 Å². The summed E-state index contributed by atoms with van der Waals surface area (Å²) in [6.07, 6.45) is -2.98. The number of piperidine rings is 1. The molecule has 0 saturated carbocycles. The average Bonchev–Trinajstić information content (AvgIpc) is 2.37. The van der Waals surface area contributed by atoms with E-state index < -0.39 is 29.6 Å². The molecule has 1 fully saturated rings. The van der Waals surface area contributed by atoms with Crippen LogP contribution in [-0.2, 0) is 0 Å². The van der Waals surface area contributed by atoms with Gasteiger partial charge in [-0.05, 0) is 32.0 Å². The van der Waals surface area contributed by atoms with Crippen molar-refractivity contribution in [1.29, 1.82) is 0 Å². The summed E-state index contributed by atoms with van der Waals surface area (Å²) >= 11 is 0. The van der Waals surface area contributed by atoms with Gasteiger partial charge in [0.25, 0.3) is 0 Å². The molecule has 0 bridgehead atoms. The number of halogens is 3. The molecule has 0 radical (unpaired) electrons. The Bertz CT molecular complexity index is 453. The third-order valence-electron chi connectivity index (χ3n) is 3.60. The molecule has 1 unspecified atom stereocenters. The van der Waals surface area contributed by atoms with E-state index >= 15 is 0 Å². The Morgan fingerprint density at radius 2 is 2.00 bits per heavy atom. The third-order valence-corrected chi connectivity index (χ3v) is 3.60. The molecule has 3 N–H and O–H groups in total. The second-order valence-electron chi connectivity index (χ2n) is 4.89. The second-order valence-corrected chi connectivity index (χ2v) is 4.89. The zero-order chi connectivity index (χ0) is 15.0. The topological polar surface area (TPSA) is 72.8 Å². The Labute approximate surface area is 113 Å². The fourth-order valence-corrected chi connectivity index (χ4v) is 2.60. The minimum Gasteiger partial charge on any atom is -0.465 e. The quantitative estimate of drug-likeness (QED) is 0.684. The summed E-state index contributed by atoms with van der Waals surface area (Å²) in [5.74, 6) is 0. The number of hydrogen-bond donors (Lipinski definition) is 3. The van der Waals surface area contributed by atoms with E-state index in [0.29, 0.717) is 19.2 Å². The maximum absolute atomic E-state index is 12.9. The van der Waals surface area contributed by atoms with Gasteiger partial charge in [0, 0.05) is 0 Å². The van der Waals surface area contributed by atoms with E-state index in [9.17, 15) is 23.1 Å². The second kappa shape index (κ2) is 5.10. The fourth-order valence-electron chi connectivity index (χ4n) is 2.60. The monoisotopic (exact) mass is 292 g/mol. The van der Waals surface area contributed by atoms with Crippen LogP contribution in [0.25, 0.3) is 0 Å². The minimum absolute atomic E-state index is 0.191. The lowest BCUT2D eigenvalue weighted by Crippen LogP contribution is -2.59. The smallest absolute Gasteiger partial charge is 0.431 e. The maximum atomic E-state index is 12.9. The van der Waals surface area contributed by atoms with Crippen molar-refractivity contribution in [3.63, 3.8) is 0 Å². The number of carbonyl (C=O) groups is 1. The van der Waals surface area contributed by atoms with Gasteiger partial charge in [-0.1, -0.05) is 12.2 Å². The van der Waals surface area contributed by atoms with Crippen molar-refractivity contribution in [1.82, 2.24) is 10.2 Å². The van der Waals surface area contributed by atoms with Gasteiger partial charge >= 0.3 is 12.3 Å². The van der Waals surface area contributed by atoms with Gasteiger partial charge in [-0.2, -0.15) is 13.2 Å². The molecule has 2 rings (SSSR count). The molecule has 2 aliphatic heterocycles. The van der Waals surface area contributed by atoms with Crippen molar-refractivity contribution in [2.75, 3.05) is 13.1 Å². The molecule has 20 heavy (non-hydrogen) atoms. The van der Waals surface area contributed by atoms with Crippen LogP contribution in [0.15, 0.2) is 23.9 Å². The third kappa shape index (κ3) is 2.66. The molecule has 2 aliphatic rings. The van der Waals surface area contributed by atoms with E-state index in [2.05, 4.69) is 5.32 Å². The lowest BCUT2D eigenvalue weighted by atomic mass is 9.82. The Balaban J connectivity index is 2.36. The number of aliphatic hydroxyl groups is 1. The first-order valence-electron chi connectivity index (χ1n) is 6.17. The normalized spacial score (nSPS) is 26.3. The van der Waals surface area contributed by atoms with Crippen molar-refractivity contribution in [2.24, 2.45) is 0 Å². The Morgan fingerprint density at radius 1 is 1.40 bits per heavy atom. The van der Waals surface area contributed by atoms with Gasteiger partial charge in [-0.3, -0.25) is 4.90 Å². The predicted molar refractivity (Wildman–Crippen MR) is 64.0 cm³/mol. The van der Waals surface area contributed by atoms with E-state index in [1.807, 2.05) is 0 Å². The molecule has 1 saturated heterocycles. The van der Waals surface area contributed by atoms with E-state index in [1.54, 1.807) is 0 Å².